The van der Waals surface area contributed by atoms with Crippen LogP contribution in [0.5, 0.6) is 5.75 Å². The Morgan fingerprint density at radius 3 is 2.50 bits per heavy atom. The lowest BCUT2D eigenvalue weighted by Crippen LogP contribution is -2.31. The number of phenols is 1. The summed E-state index contributed by atoms with van der Waals surface area (Å²) in [7, 11) is 0. The Balaban J connectivity index is 2.08. The van der Waals surface area contributed by atoms with E-state index < -0.39 is 0 Å². The van der Waals surface area contributed by atoms with E-state index in [1.165, 1.54) is 5.56 Å². The van der Waals surface area contributed by atoms with E-state index in [1.54, 1.807) is 0 Å². The van der Waals surface area contributed by atoms with Gasteiger partial charge < -0.3 is 15.6 Å². The predicted molar refractivity (Wildman–Crippen MR) is 61.2 cm³/mol. The molecule has 1 aromatic carbocycles. The number of hydrogen-bond donors (Lipinski definition) is 2. The third-order valence-electron chi connectivity index (χ3n) is 4.03. The van der Waals surface area contributed by atoms with Gasteiger partial charge in [0.2, 0.25) is 0 Å². The number of rotatable bonds is 2. The lowest BCUT2D eigenvalue weighted by molar-refractivity contribution is 0.134. The summed E-state index contributed by atoms with van der Waals surface area (Å²) in [5, 5.41) is 10.1. The average Bonchev–Trinajstić information content (AvgIpc) is 2.92. The molecule has 3 N–H and O–H groups in total. The van der Waals surface area contributed by atoms with E-state index in [4.69, 9.17) is 10.5 Å². The summed E-state index contributed by atoms with van der Waals surface area (Å²) in [5.74, 6) is 0.388. The summed E-state index contributed by atoms with van der Waals surface area (Å²) in [6.07, 6.45) is 2.16. The number of benzene rings is 1. The molecule has 0 radical (unpaired) electrons. The van der Waals surface area contributed by atoms with Crippen molar-refractivity contribution in [3.05, 3.63) is 28.8 Å². The lowest BCUT2D eigenvalue weighted by atomic mass is 9.87. The number of aromatic hydroxyl groups is 1. The van der Waals surface area contributed by atoms with Gasteiger partial charge in [-0.2, -0.15) is 0 Å². The summed E-state index contributed by atoms with van der Waals surface area (Å²) in [5.41, 5.74) is 9.39. The van der Waals surface area contributed by atoms with Gasteiger partial charge in [0.05, 0.1) is 13.2 Å². The summed E-state index contributed by atoms with van der Waals surface area (Å²) < 4.78 is 5.38. The SMILES string of the molecule is CC(N)C1(c2cc3c(cc2O)COC3)CC1. The molecule has 16 heavy (non-hydrogen) atoms. The molecule has 2 aliphatic rings. The van der Waals surface area contributed by atoms with Crippen molar-refractivity contribution in [2.45, 2.75) is 44.4 Å². The molecule has 0 bridgehead atoms. The van der Waals surface area contributed by atoms with E-state index in [-0.39, 0.29) is 11.5 Å². The maximum Gasteiger partial charge on any atom is 0.119 e. The van der Waals surface area contributed by atoms with Crippen LogP contribution >= 0.6 is 0 Å². The van der Waals surface area contributed by atoms with Crippen molar-refractivity contribution in [1.29, 1.82) is 0 Å². The molecule has 1 saturated carbocycles. The zero-order chi connectivity index (χ0) is 11.3. The molecule has 1 atom stereocenters. The Hall–Kier alpha value is -1.06. The van der Waals surface area contributed by atoms with E-state index in [9.17, 15) is 5.11 Å². The molecule has 0 spiro atoms. The number of phenolic OH excluding ortho intramolecular Hbond substituents is 1. The van der Waals surface area contributed by atoms with Crippen LogP contribution in [0.4, 0.5) is 0 Å². The van der Waals surface area contributed by atoms with E-state index in [0.717, 1.165) is 24.0 Å². The van der Waals surface area contributed by atoms with Crippen LogP contribution in [0.15, 0.2) is 12.1 Å². The zero-order valence-electron chi connectivity index (χ0n) is 9.49. The first-order valence-electron chi connectivity index (χ1n) is 5.82. The van der Waals surface area contributed by atoms with Crippen molar-refractivity contribution < 1.29 is 9.84 Å². The topological polar surface area (TPSA) is 55.5 Å². The molecule has 0 amide bonds. The fraction of sp³-hybridized carbons (Fsp3) is 0.538. The van der Waals surface area contributed by atoms with Crippen molar-refractivity contribution in [2.75, 3.05) is 0 Å². The van der Waals surface area contributed by atoms with Crippen LogP contribution in [-0.2, 0) is 23.4 Å². The van der Waals surface area contributed by atoms with Crippen LogP contribution in [0.2, 0.25) is 0 Å². The first-order valence-corrected chi connectivity index (χ1v) is 5.82. The first kappa shape index (κ1) is 10.1. The monoisotopic (exact) mass is 219 g/mol. The minimum atomic E-state index is 0.0156. The van der Waals surface area contributed by atoms with Gasteiger partial charge >= 0.3 is 0 Å². The molecule has 0 aromatic heterocycles. The molecule has 3 heteroatoms. The largest absolute Gasteiger partial charge is 0.508 e. The Morgan fingerprint density at radius 2 is 1.94 bits per heavy atom. The highest BCUT2D eigenvalue weighted by Crippen LogP contribution is 2.53. The number of nitrogens with two attached hydrogens (primary N) is 1. The molecule has 1 aliphatic heterocycles. The molecule has 1 aliphatic carbocycles. The number of fused-ring (bicyclic) bond motifs is 1. The molecular weight excluding hydrogens is 202 g/mol. The highest BCUT2D eigenvalue weighted by molar-refractivity contribution is 5.49. The fourth-order valence-electron chi connectivity index (χ4n) is 2.72. The van der Waals surface area contributed by atoms with Gasteiger partial charge in [0.25, 0.3) is 0 Å². The molecule has 3 rings (SSSR count). The predicted octanol–water partition coefficient (Wildman–Crippen LogP) is 1.80. The second kappa shape index (κ2) is 3.22. The highest BCUT2D eigenvalue weighted by atomic mass is 16.5. The molecule has 1 unspecified atom stereocenters. The Labute approximate surface area is 95.2 Å². The molecule has 1 fully saturated rings. The number of hydrogen-bond acceptors (Lipinski definition) is 3. The van der Waals surface area contributed by atoms with E-state index >= 15 is 0 Å². The van der Waals surface area contributed by atoms with Crippen molar-refractivity contribution in [3.63, 3.8) is 0 Å². The second-order valence-corrected chi connectivity index (χ2v) is 5.08. The Kier molecular flexibility index (Phi) is 2.03. The number of ether oxygens (including phenoxy) is 1. The standard InChI is InChI=1S/C13H17NO2/c1-8(14)13(2-3-13)11-4-9-6-16-7-10(9)5-12(11)15/h4-5,8,15H,2-3,6-7,14H2,1H3. The molecule has 1 aromatic rings. The highest BCUT2D eigenvalue weighted by Gasteiger charge is 2.49. The van der Waals surface area contributed by atoms with Gasteiger partial charge in [0.15, 0.2) is 0 Å². The molecule has 3 nitrogen and oxygen atoms in total. The summed E-state index contributed by atoms with van der Waals surface area (Å²) >= 11 is 0. The molecule has 1 heterocycles. The Bertz CT molecular complexity index is 436. The third-order valence-corrected chi connectivity index (χ3v) is 4.03. The first-order chi connectivity index (χ1) is 7.63. The minimum Gasteiger partial charge on any atom is -0.508 e. The van der Waals surface area contributed by atoms with Crippen molar-refractivity contribution in [2.24, 2.45) is 5.73 Å². The fourth-order valence-corrected chi connectivity index (χ4v) is 2.72. The minimum absolute atomic E-state index is 0.0156. The van der Waals surface area contributed by atoms with Gasteiger partial charge in [-0.05, 0) is 43.0 Å². The molecule has 86 valence electrons. The van der Waals surface area contributed by atoms with Gasteiger partial charge in [-0.1, -0.05) is 0 Å². The molecule has 0 saturated heterocycles. The van der Waals surface area contributed by atoms with Gasteiger partial charge in [-0.3, -0.25) is 0 Å². The second-order valence-electron chi connectivity index (χ2n) is 5.08. The van der Waals surface area contributed by atoms with Crippen molar-refractivity contribution in [1.82, 2.24) is 0 Å². The zero-order valence-corrected chi connectivity index (χ0v) is 9.49. The van der Waals surface area contributed by atoms with Crippen LogP contribution < -0.4 is 5.73 Å². The normalized spacial score (nSPS) is 22.9. The summed E-state index contributed by atoms with van der Waals surface area (Å²) in [6, 6.07) is 4.03. The average molecular weight is 219 g/mol. The van der Waals surface area contributed by atoms with Crippen molar-refractivity contribution in [3.8, 4) is 5.75 Å². The van der Waals surface area contributed by atoms with Crippen LogP contribution in [0.1, 0.15) is 36.5 Å². The van der Waals surface area contributed by atoms with Gasteiger partial charge in [-0.15, -0.1) is 0 Å². The van der Waals surface area contributed by atoms with Crippen molar-refractivity contribution >= 4 is 0 Å². The van der Waals surface area contributed by atoms with Gasteiger partial charge in [-0.25, -0.2) is 0 Å². The van der Waals surface area contributed by atoms with E-state index in [1.807, 2.05) is 13.0 Å². The lowest BCUT2D eigenvalue weighted by Gasteiger charge is -2.22. The summed E-state index contributed by atoms with van der Waals surface area (Å²) in [6.45, 7) is 3.31. The van der Waals surface area contributed by atoms with Crippen LogP contribution in [0.25, 0.3) is 0 Å². The summed E-state index contributed by atoms with van der Waals surface area (Å²) in [4.78, 5) is 0. The Morgan fingerprint density at radius 1 is 1.31 bits per heavy atom. The smallest absolute Gasteiger partial charge is 0.119 e. The maximum absolute atomic E-state index is 10.1. The van der Waals surface area contributed by atoms with E-state index in [0.29, 0.717) is 19.0 Å². The van der Waals surface area contributed by atoms with E-state index in [2.05, 4.69) is 6.07 Å². The van der Waals surface area contributed by atoms with Gasteiger partial charge in [0, 0.05) is 17.0 Å². The molecular formula is C13H17NO2. The van der Waals surface area contributed by atoms with Crippen LogP contribution in [0.3, 0.4) is 0 Å². The maximum atomic E-state index is 10.1. The third kappa shape index (κ3) is 1.28. The quantitative estimate of drug-likeness (QED) is 0.797. The van der Waals surface area contributed by atoms with Gasteiger partial charge in [0.1, 0.15) is 5.75 Å². The van der Waals surface area contributed by atoms with Crippen LogP contribution in [0, 0.1) is 0 Å². The van der Waals surface area contributed by atoms with Crippen LogP contribution in [-0.4, -0.2) is 11.1 Å².